The van der Waals surface area contributed by atoms with Gasteiger partial charge in [-0.05, 0) is 26.3 Å². The van der Waals surface area contributed by atoms with Crippen LogP contribution in [0.5, 0.6) is 0 Å². The Morgan fingerprint density at radius 2 is 2.15 bits per heavy atom. The predicted octanol–water partition coefficient (Wildman–Crippen LogP) is 2.76. The van der Waals surface area contributed by atoms with E-state index in [0.717, 1.165) is 38.4 Å². The first-order chi connectivity index (χ1) is 9.76. The standard InChI is InChI=1S/C15H25N3O2/c1-3-5-13(19-10-11-8-18(2)9-11)15-17-16-14(20-15)12-6-4-7-12/h11-13H,3-10H2,1-2H3. The highest BCUT2D eigenvalue weighted by atomic mass is 16.5. The van der Waals surface area contributed by atoms with Crippen molar-refractivity contribution in [2.45, 2.75) is 51.0 Å². The number of aromatic nitrogens is 2. The lowest BCUT2D eigenvalue weighted by molar-refractivity contribution is -0.0293. The Labute approximate surface area is 120 Å². The van der Waals surface area contributed by atoms with Crippen LogP contribution in [0.1, 0.15) is 62.8 Å². The second kappa shape index (κ2) is 6.22. The summed E-state index contributed by atoms with van der Waals surface area (Å²) in [5.41, 5.74) is 0. The average molecular weight is 279 g/mol. The Hall–Kier alpha value is -0.940. The Kier molecular flexibility index (Phi) is 4.36. The van der Waals surface area contributed by atoms with Crippen LogP contribution in [0, 0.1) is 5.92 Å². The first kappa shape index (κ1) is 14.0. The zero-order chi connectivity index (χ0) is 13.9. The number of ether oxygens (including phenoxy) is 1. The molecule has 2 fully saturated rings. The molecule has 0 spiro atoms. The molecule has 5 nitrogen and oxygen atoms in total. The van der Waals surface area contributed by atoms with E-state index in [-0.39, 0.29) is 6.10 Å². The van der Waals surface area contributed by atoms with Gasteiger partial charge < -0.3 is 14.1 Å². The topological polar surface area (TPSA) is 51.4 Å². The minimum absolute atomic E-state index is 0.0211. The molecule has 0 radical (unpaired) electrons. The average Bonchev–Trinajstić information content (AvgIpc) is 2.78. The van der Waals surface area contributed by atoms with Crippen LogP contribution in [-0.2, 0) is 4.74 Å². The summed E-state index contributed by atoms with van der Waals surface area (Å²) in [4.78, 5) is 2.31. The summed E-state index contributed by atoms with van der Waals surface area (Å²) in [5, 5.41) is 8.43. The molecule has 2 heterocycles. The highest BCUT2D eigenvalue weighted by Crippen LogP contribution is 2.36. The molecule has 1 aromatic rings. The van der Waals surface area contributed by atoms with Crippen LogP contribution in [0.2, 0.25) is 0 Å². The van der Waals surface area contributed by atoms with Gasteiger partial charge in [-0.1, -0.05) is 19.8 Å². The fourth-order valence-electron chi connectivity index (χ4n) is 2.92. The van der Waals surface area contributed by atoms with Gasteiger partial charge in [0.25, 0.3) is 0 Å². The van der Waals surface area contributed by atoms with Gasteiger partial charge in [-0.15, -0.1) is 10.2 Å². The van der Waals surface area contributed by atoms with Gasteiger partial charge in [0.05, 0.1) is 6.61 Å². The lowest BCUT2D eigenvalue weighted by Gasteiger charge is -2.36. The van der Waals surface area contributed by atoms with Crippen LogP contribution in [0.3, 0.4) is 0 Å². The second-order valence-corrected chi connectivity index (χ2v) is 6.30. The third-order valence-electron chi connectivity index (χ3n) is 4.41. The maximum absolute atomic E-state index is 6.04. The normalized spacial score (nSPS) is 22.5. The lowest BCUT2D eigenvalue weighted by Crippen LogP contribution is -2.46. The molecule has 1 aliphatic heterocycles. The Morgan fingerprint density at radius 3 is 2.75 bits per heavy atom. The first-order valence-electron chi connectivity index (χ1n) is 7.89. The molecule has 0 aromatic carbocycles. The van der Waals surface area contributed by atoms with Crippen molar-refractivity contribution < 1.29 is 9.15 Å². The van der Waals surface area contributed by atoms with Crippen molar-refractivity contribution in [1.82, 2.24) is 15.1 Å². The summed E-state index contributed by atoms with van der Waals surface area (Å²) in [5.74, 6) is 2.66. The quantitative estimate of drug-likeness (QED) is 0.768. The number of rotatable bonds is 7. The van der Waals surface area contributed by atoms with Gasteiger partial charge in [-0.3, -0.25) is 0 Å². The monoisotopic (exact) mass is 279 g/mol. The summed E-state index contributed by atoms with van der Waals surface area (Å²) in [6.45, 7) is 5.23. The molecule has 2 aliphatic rings. The maximum Gasteiger partial charge on any atom is 0.245 e. The third-order valence-corrected chi connectivity index (χ3v) is 4.41. The van der Waals surface area contributed by atoms with E-state index in [1.165, 1.54) is 19.3 Å². The van der Waals surface area contributed by atoms with Crippen LogP contribution >= 0.6 is 0 Å². The van der Waals surface area contributed by atoms with Gasteiger partial charge in [0.2, 0.25) is 11.8 Å². The van der Waals surface area contributed by atoms with Crippen molar-refractivity contribution in [1.29, 1.82) is 0 Å². The Morgan fingerprint density at radius 1 is 1.35 bits per heavy atom. The minimum atomic E-state index is -0.0211. The smallest absolute Gasteiger partial charge is 0.245 e. The summed E-state index contributed by atoms with van der Waals surface area (Å²) < 4.78 is 11.9. The lowest BCUT2D eigenvalue weighted by atomic mass is 9.85. The van der Waals surface area contributed by atoms with Gasteiger partial charge in [0, 0.05) is 24.9 Å². The number of hydrogen-bond acceptors (Lipinski definition) is 5. The van der Waals surface area contributed by atoms with Crippen LogP contribution in [0.15, 0.2) is 4.42 Å². The fourth-order valence-corrected chi connectivity index (χ4v) is 2.92. The highest BCUT2D eigenvalue weighted by molar-refractivity contribution is 4.97. The molecule has 20 heavy (non-hydrogen) atoms. The van der Waals surface area contributed by atoms with Gasteiger partial charge in [0.15, 0.2) is 0 Å². The molecule has 0 bridgehead atoms. The van der Waals surface area contributed by atoms with Gasteiger partial charge in [0.1, 0.15) is 6.10 Å². The van der Waals surface area contributed by atoms with Crippen molar-refractivity contribution >= 4 is 0 Å². The molecule has 5 heteroatoms. The third kappa shape index (κ3) is 3.04. The summed E-state index contributed by atoms with van der Waals surface area (Å²) in [6, 6.07) is 0. The first-order valence-corrected chi connectivity index (χ1v) is 7.89. The molecule has 1 atom stereocenters. The summed E-state index contributed by atoms with van der Waals surface area (Å²) >= 11 is 0. The van der Waals surface area contributed by atoms with Crippen molar-refractivity contribution in [3.8, 4) is 0 Å². The molecule has 1 aromatic heterocycles. The number of hydrogen-bond donors (Lipinski definition) is 0. The molecule has 1 unspecified atom stereocenters. The zero-order valence-corrected chi connectivity index (χ0v) is 12.5. The van der Waals surface area contributed by atoms with Crippen LogP contribution in [0.25, 0.3) is 0 Å². The molecule has 1 saturated carbocycles. The molecule has 0 amide bonds. The summed E-state index contributed by atoms with van der Waals surface area (Å²) in [6.07, 6.45) is 5.66. The minimum Gasteiger partial charge on any atom is -0.422 e. The fraction of sp³-hybridized carbons (Fsp3) is 0.867. The van der Waals surface area contributed by atoms with Crippen LogP contribution in [0.4, 0.5) is 0 Å². The number of likely N-dealkylation sites (tertiary alicyclic amines) is 1. The highest BCUT2D eigenvalue weighted by Gasteiger charge is 2.29. The molecule has 1 aliphatic carbocycles. The van der Waals surface area contributed by atoms with E-state index in [9.17, 15) is 0 Å². The van der Waals surface area contributed by atoms with E-state index >= 15 is 0 Å². The van der Waals surface area contributed by atoms with Crippen molar-refractivity contribution in [3.63, 3.8) is 0 Å². The van der Waals surface area contributed by atoms with E-state index < -0.39 is 0 Å². The zero-order valence-electron chi connectivity index (χ0n) is 12.5. The van der Waals surface area contributed by atoms with E-state index in [1.54, 1.807) is 0 Å². The molecule has 0 N–H and O–H groups in total. The maximum atomic E-state index is 6.04. The molecule has 3 rings (SSSR count). The van der Waals surface area contributed by atoms with Crippen molar-refractivity contribution in [2.75, 3.05) is 26.7 Å². The molecular formula is C15H25N3O2. The predicted molar refractivity (Wildman–Crippen MR) is 75.5 cm³/mol. The van der Waals surface area contributed by atoms with E-state index in [2.05, 4.69) is 29.1 Å². The van der Waals surface area contributed by atoms with Gasteiger partial charge >= 0.3 is 0 Å². The van der Waals surface area contributed by atoms with Gasteiger partial charge in [-0.2, -0.15) is 0 Å². The van der Waals surface area contributed by atoms with Crippen molar-refractivity contribution in [3.05, 3.63) is 11.8 Å². The van der Waals surface area contributed by atoms with Crippen LogP contribution < -0.4 is 0 Å². The SMILES string of the molecule is CCCC(OCC1CN(C)C1)c1nnc(C2CCC2)o1. The second-order valence-electron chi connectivity index (χ2n) is 6.30. The molecular weight excluding hydrogens is 254 g/mol. The van der Waals surface area contributed by atoms with Crippen LogP contribution in [-0.4, -0.2) is 41.8 Å². The summed E-state index contributed by atoms with van der Waals surface area (Å²) in [7, 11) is 2.14. The van der Waals surface area contributed by atoms with E-state index in [0.29, 0.717) is 17.7 Å². The van der Waals surface area contributed by atoms with E-state index in [1.807, 2.05) is 0 Å². The molecule has 112 valence electrons. The largest absolute Gasteiger partial charge is 0.422 e. The number of nitrogens with zero attached hydrogens (tertiary/aromatic N) is 3. The Bertz CT molecular complexity index is 425. The Balaban J connectivity index is 1.55. The van der Waals surface area contributed by atoms with Crippen molar-refractivity contribution in [2.24, 2.45) is 5.92 Å². The van der Waals surface area contributed by atoms with Gasteiger partial charge in [-0.25, -0.2) is 0 Å². The van der Waals surface area contributed by atoms with E-state index in [4.69, 9.17) is 9.15 Å². The molecule has 1 saturated heterocycles.